The van der Waals surface area contributed by atoms with E-state index in [0.717, 1.165) is 6.26 Å². The van der Waals surface area contributed by atoms with Gasteiger partial charge < -0.3 is 66.8 Å². The van der Waals surface area contributed by atoms with E-state index < -0.39 is 95.7 Å². The average Bonchev–Trinajstić information content (AvgIpc) is 2.78. The maximum atomic E-state index is 11.8. The maximum absolute atomic E-state index is 11.8. The molecule has 14 atom stereocenters. The van der Waals surface area contributed by atoms with Gasteiger partial charge >= 0.3 is 0 Å². The van der Waals surface area contributed by atoms with E-state index in [1.807, 2.05) is 0 Å². The van der Waals surface area contributed by atoms with Crippen molar-refractivity contribution in [2.75, 3.05) is 19.9 Å². The highest BCUT2D eigenvalue weighted by molar-refractivity contribution is 7.88. The number of nitrogens with one attached hydrogen (secondary N) is 1. The second-order valence-corrected chi connectivity index (χ2v) is 11.0. The van der Waals surface area contributed by atoms with Crippen LogP contribution in [0.1, 0.15) is 13.3 Å². The van der Waals surface area contributed by atoms with Crippen molar-refractivity contribution in [1.29, 1.82) is 0 Å². The van der Waals surface area contributed by atoms with Crippen LogP contribution in [0.2, 0.25) is 0 Å². The molecule has 0 spiro atoms. The fraction of sp³-hybridized carbons (Fsp3) is 1.00. The summed E-state index contributed by atoms with van der Waals surface area (Å²) in [5.41, 5.74) is 17.7. The highest BCUT2D eigenvalue weighted by Crippen LogP contribution is 2.31. The molecule has 16 nitrogen and oxygen atoms in total. The number of nitrogens with two attached hydrogens (primary N) is 3. The Kier molecular flexibility index (Phi) is 11.4. The van der Waals surface area contributed by atoms with Crippen LogP contribution < -0.4 is 21.9 Å². The summed E-state index contributed by atoms with van der Waals surface area (Å²) >= 11 is 0. The van der Waals surface area contributed by atoms with Gasteiger partial charge in [0.2, 0.25) is 10.0 Å². The van der Waals surface area contributed by atoms with Gasteiger partial charge in [-0.3, -0.25) is 0 Å². The van der Waals surface area contributed by atoms with Gasteiger partial charge in [-0.15, -0.1) is 0 Å². The molecule has 1 saturated heterocycles. The van der Waals surface area contributed by atoms with Gasteiger partial charge in [-0.25, -0.2) is 13.1 Å². The van der Waals surface area contributed by atoms with Gasteiger partial charge in [0.15, 0.2) is 12.6 Å². The lowest BCUT2D eigenvalue weighted by Crippen LogP contribution is -2.69. The number of hydrogen-bond acceptors (Lipinski definition) is 15. The minimum absolute atomic E-state index is 0.145. The van der Waals surface area contributed by atoms with E-state index in [4.69, 9.17) is 36.1 Å². The highest BCUT2D eigenvalue weighted by Gasteiger charge is 2.51. The average molecular weight is 549 g/mol. The fourth-order valence-corrected chi connectivity index (χ4v) is 5.13. The van der Waals surface area contributed by atoms with Crippen LogP contribution in [0.15, 0.2) is 0 Å². The second kappa shape index (κ2) is 13.0. The number of hydrogen-bond donors (Lipinski definition) is 10. The van der Waals surface area contributed by atoms with Gasteiger partial charge in [-0.05, 0) is 13.3 Å². The van der Waals surface area contributed by atoms with Crippen molar-refractivity contribution >= 4 is 10.0 Å². The van der Waals surface area contributed by atoms with Crippen LogP contribution in [0.3, 0.4) is 0 Å². The summed E-state index contributed by atoms with van der Waals surface area (Å²) in [5.74, 6) is 0. The van der Waals surface area contributed by atoms with Crippen molar-refractivity contribution in [1.82, 2.24) is 4.72 Å². The molecule has 0 radical (unpaired) electrons. The molecule has 0 aromatic heterocycles. The summed E-state index contributed by atoms with van der Waals surface area (Å²) in [6, 6.07) is -3.52. The van der Waals surface area contributed by atoms with Gasteiger partial charge in [0.05, 0.1) is 30.5 Å². The standard InChI is InChI=1S/C19H40N4O12S/c1-6(24)15-14(28)13(27)10(22)19(34-15)35-16-7(21)4-8(23-36(3,30)31)11(25)17(16)33-18(29)12(26)9(5-20)32-2/h6-19,23-29H,4-5,20-22H2,1-3H3/t6-,7?,8?,9?,10?,11?,12?,13?,14?,15?,16?,17?,18?,19?/m1/s1. The molecule has 1 aliphatic heterocycles. The Hall–Kier alpha value is -0.610. The Morgan fingerprint density at radius 1 is 1.08 bits per heavy atom. The molecular weight excluding hydrogens is 508 g/mol. The van der Waals surface area contributed by atoms with Crippen LogP contribution in [0, 0.1) is 0 Å². The van der Waals surface area contributed by atoms with Crippen molar-refractivity contribution in [2.45, 2.75) is 99.0 Å². The number of aliphatic hydroxyl groups excluding tert-OH is 6. The zero-order valence-electron chi connectivity index (χ0n) is 20.3. The summed E-state index contributed by atoms with van der Waals surface area (Å²) in [6.07, 6.45) is -15.6. The monoisotopic (exact) mass is 548 g/mol. The van der Waals surface area contributed by atoms with E-state index >= 15 is 0 Å². The summed E-state index contributed by atoms with van der Waals surface area (Å²) in [7, 11) is -2.55. The zero-order chi connectivity index (χ0) is 27.5. The van der Waals surface area contributed by atoms with Crippen molar-refractivity contribution < 1.29 is 58.0 Å². The Labute approximate surface area is 209 Å². The van der Waals surface area contributed by atoms with Crippen molar-refractivity contribution in [3.63, 3.8) is 0 Å². The summed E-state index contributed by atoms with van der Waals surface area (Å²) in [5, 5.41) is 62.2. The lowest BCUT2D eigenvalue weighted by Gasteiger charge is -2.48. The predicted molar refractivity (Wildman–Crippen MR) is 122 cm³/mol. The Bertz CT molecular complexity index is 790. The molecule has 2 rings (SSSR count). The fourth-order valence-electron chi connectivity index (χ4n) is 4.35. The van der Waals surface area contributed by atoms with E-state index in [1.54, 1.807) is 0 Å². The molecule has 1 saturated carbocycles. The first kappa shape index (κ1) is 31.6. The third-order valence-corrected chi connectivity index (χ3v) is 7.07. The van der Waals surface area contributed by atoms with Gasteiger partial charge in [0, 0.05) is 19.7 Å². The molecule has 17 heteroatoms. The SMILES string of the molecule is COC(CN)C(O)C(O)OC1C(O)C(NS(C)(=O)=O)CC(N)C1OC1OC([C@@H](C)O)C(O)C(O)C1N. The molecule has 2 aliphatic rings. The summed E-state index contributed by atoms with van der Waals surface area (Å²) < 4.78 is 47.7. The maximum Gasteiger partial charge on any atom is 0.209 e. The van der Waals surface area contributed by atoms with Crippen LogP contribution in [-0.2, 0) is 29.0 Å². The van der Waals surface area contributed by atoms with Gasteiger partial charge in [-0.2, -0.15) is 0 Å². The van der Waals surface area contributed by atoms with Crippen molar-refractivity contribution in [3.05, 3.63) is 0 Å². The van der Waals surface area contributed by atoms with Crippen LogP contribution in [0.4, 0.5) is 0 Å². The third kappa shape index (κ3) is 7.49. The molecule has 0 amide bonds. The predicted octanol–water partition coefficient (Wildman–Crippen LogP) is -6.43. The highest BCUT2D eigenvalue weighted by atomic mass is 32.2. The van der Waals surface area contributed by atoms with Crippen LogP contribution in [-0.4, -0.2) is 145 Å². The lowest BCUT2D eigenvalue weighted by molar-refractivity contribution is -0.317. The largest absolute Gasteiger partial charge is 0.391 e. The van der Waals surface area contributed by atoms with E-state index in [0.29, 0.717) is 0 Å². The Balaban J connectivity index is 2.34. The molecule has 13 unspecified atom stereocenters. The van der Waals surface area contributed by atoms with Crippen molar-refractivity contribution in [3.8, 4) is 0 Å². The number of methoxy groups -OCH3 is 1. The van der Waals surface area contributed by atoms with E-state index in [1.165, 1.54) is 14.0 Å². The van der Waals surface area contributed by atoms with E-state index in [9.17, 15) is 39.1 Å². The summed E-state index contributed by atoms with van der Waals surface area (Å²) in [4.78, 5) is 0. The third-order valence-electron chi connectivity index (χ3n) is 6.34. The Morgan fingerprint density at radius 3 is 2.19 bits per heavy atom. The molecule has 0 aromatic carbocycles. The minimum atomic E-state index is -3.80. The molecule has 36 heavy (non-hydrogen) atoms. The second-order valence-electron chi connectivity index (χ2n) is 9.25. The first-order chi connectivity index (χ1) is 16.6. The number of rotatable bonds is 11. The van der Waals surface area contributed by atoms with Crippen LogP contribution >= 0.6 is 0 Å². The molecular formula is C19H40N4O12S. The normalized spacial score (nSPS) is 41.4. The van der Waals surface area contributed by atoms with Gasteiger partial charge in [0.25, 0.3) is 0 Å². The summed E-state index contributed by atoms with van der Waals surface area (Å²) in [6.45, 7) is 1.13. The number of aliphatic hydroxyl groups is 6. The zero-order valence-corrected chi connectivity index (χ0v) is 21.1. The van der Waals surface area contributed by atoms with E-state index in [2.05, 4.69) is 4.72 Å². The smallest absolute Gasteiger partial charge is 0.209 e. The number of sulfonamides is 1. The molecule has 0 aromatic rings. The van der Waals surface area contributed by atoms with Crippen LogP contribution in [0.25, 0.3) is 0 Å². The van der Waals surface area contributed by atoms with Crippen LogP contribution in [0.5, 0.6) is 0 Å². The first-order valence-corrected chi connectivity index (χ1v) is 13.3. The van der Waals surface area contributed by atoms with E-state index in [-0.39, 0.29) is 13.0 Å². The molecule has 0 bridgehead atoms. The first-order valence-electron chi connectivity index (χ1n) is 11.4. The van der Waals surface area contributed by atoms with Gasteiger partial charge in [0.1, 0.15) is 42.7 Å². The minimum Gasteiger partial charge on any atom is -0.391 e. The van der Waals surface area contributed by atoms with Crippen molar-refractivity contribution in [2.24, 2.45) is 17.2 Å². The topological polar surface area (TPSA) is 283 Å². The molecule has 2 fully saturated rings. The van der Waals surface area contributed by atoms with Gasteiger partial charge in [-0.1, -0.05) is 0 Å². The molecule has 214 valence electrons. The molecule has 1 heterocycles. The molecule has 13 N–H and O–H groups in total. The lowest BCUT2D eigenvalue weighted by atomic mass is 9.84. The number of ether oxygens (including phenoxy) is 4. The quantitative estimate of drug-likeness (QED) is 0.107. The Morgan fingerprint density at radius 2 is 1.69 bits per heavy atom. The molecule has 1 aliphatic carbocycles.